The summed E-state index contributed by atoms with van der Waals surface area (Å²) in [7, 11) is 1.40. The zero-order valence-electron chi connectivity index (χ0n) is 9.66. The Hall–Kier alpha value is -1.51. The molecule has 16 heavy (non-hydrogen) atoms. The molecule has 0 aromatic heterocycles. The highest BCUT2D eigenvalue weighted by Gasteiger charge is 2.16. The van der Waals surface area contributed by atoms with Crippen molar-refractivity contribution in [1.82, 2.24) is 0 Å². The number of carbonyl (C=O) groups excluding carboxylic acids is 1. The van der Waals surface area contributed by atoms with Crippen molar-refractivity contribution in [3.8, 4) is 5.75 Å². The average Bonchev–Trinajstić information content (AvgIpc) is 2.47. The number of esters is 1. The Morgan fingerprint density at radius 2 is 2.31 bits per heavy atom. The van der Waals surface area contributed by atoms with E-state index in [1.807, 2.05) is 12.1 Å². The number of rotatable bonds is 1. The second kappa shape index (κ2) is 4.56. The van der Waals surface area contributed by atoms with Crippen LogP contribution in [0.3, 0.4) is 0 Å². The molecule has 1 aliphatic rings. The van der Waals surface area contributed by atoms with Crippen molar-refractivity contribution in [2.45, 2.75) is 32.3 Å². The Labute approximate surface area is 95.4 Å². The highest BCUT2D eigenvalue weighted by atomic mass is 16.5. The molecule has 1 unspecified atom stereocenters. The minimum absolute atomic E-state index is 0.255. The smallest absolute Gasteiger partial charge is 0.337 e. The van der Waals surface area contributed by atoms with E-state index in [4.69, 9.17) is 9.47 Å². The van der Waals surface area contributed by atoms with E-state index >= 15 is 0 Å². The third-order valence-corrected chi connectivity index (χ3v) is 2.87. The van der Waals surface area contributed by atoms with Gasteiger partial charge in [0.2, 0.25) is 0 Å². The van der Waals surface area contributed by atoms with E-state index in [-0.39, 0.29) is 12.1 Å². The fourth-order valence-corrected chi connectivity index (χ4v) is 1.99. The lowest BCUT2D eigenvalue weighted by Gasteiger charge is -2.12. The van der Waals surface area contributed by atoms with E-state index in [1.165, 1.54) is 7.11 Å². The molecule has 0 bridgehead atoms. The van der Waals surface area contributed by atoms with Crippen LogP contribution >= 0.6 is 0 Å². The van der Waals surface area contributed by atoms with E-state index in [1.54, 1.807) is 6.07 Å². The SMILES string of the molecule is COC(=O)c1ccc2c(c1)CCCC(C)O2. The molecule has 0 aliphatic carbocycles. The predicted octanol–water partition coefficient (Wildman–Crippen LogP) is 2.58. The molecule has 0 saturated heterocycles. The van der Waals surface area contributed by atoms with Crippen LogP contribution in [0.15, 0.2) is 18.2 Å². The first kappa shape index (κ1) is 11.0. The second-order valence-electron chi connectivity index (χ2n) is 4.13. The standard InChI is InChI=1S/C13H16O3/c1-9-4-3-5-10-8-11(13(14)15-2)6-7-12(10)16-9/h6-9H,3-5H2,1-2H3. The van der Waals surface area contributed by atoms with Crippen LogP contribution in [-0.4, -0.2) is 19.2 Å². The molecule has 3 nitrogen and oxygen atoms in total. The second-order valence-corrected chi connectivity index (χ2v) is 4.13. The number of benzene rings is 1. The number of ether oxygens (including phenoxy) is 2. The van der Waals surface area contributed by atoms with Crippen molar-refractivity contribution in [3.63, 3.8) is 0 Å². The molecule has 1 aromatic rings. The molecule has 86 valence electrons. The fraction of sp³-hybridized carbons (Fsp3) is 0.462. The summed E-state index contributed by atoms with van der Waals surface area (Å²) in [4.78, 5) is 11.4. The van der Waals surface area contributed by atoms with Crippen LogP contribution in [0.2, 0.25) is 0 Å². The van der Waals surface area contributed by atoms with E-state index in [2.05, 4.69) is 6.92 Å². The van der Waals surface area contributed by atoms with Gasteiger partial charge in [-0.05, 0) is 49.9 Å². The molecule has 2 rings (SSSR count). The van der Waals surface area contributed by atoms with Crippen LogP contribution in [-0.2, 0) is 11.2 Å². The Bertz CT molecular complexity index is 398. The number of aryl methyl sites for hydroxylation is 1. The van der Waals surface area contributed by atoms with Gasteiger partial charge in [-0.15, -0.1) is 0 Å². The van der Waals surface area contributed by atoms with Gasteiger partial charge in [-0.2, -0.15) is 0 Å². The molecule has 3 heteroatoms. The maximum absolute atomic E-state index is 11.4. The van der Waals surface area contributed by atoms with Gasteiger partial charge in [-0.3, -0.25) is 0 Å². The molecule has 1 aromatic carbocycles. The molecule has 1 atom stereocenters. The zero-order chi connectivity index (χ0) is 11.5. The van der Waals surface area contributed by atoms with Crippen molar-refractivity contribution in [3.05, 3.63) is 29.3 Å². The van der Waals surface area contributed by atoms with Crippen LogP contribution in [0, 0.1) is 0 Å². The monoisotopic (exact) mass is 220 g/mol. The van der Waals surface area contributed by atoms with Crippen molar-refractivity contribution in [2.24, 2.45) is 0 Å². The van der Waals surface area contributed by atoms with Gasteiger partial charge in [-0.25, -0.2) is 4.79 Å². The molecule has 0 fully saturated rings. The lowest BCUT2D eigenvalue weighted by molar-refractivity contribution is 0.0600. The molecule has 0 spiro atoms. The van der Waals surface area contributed by atoms with Gasteiger partial charge in [0, 0.05) is 0 Å². The fourth-order valence-electron chi connectivity index (χ4n) is 1.99. The Morgan fingerprint density at radius 1 is 1.50 bits per heavy atom. The highest BCUT2D eigenvalue weighted by Crippen LogP contribution is 2.27. The Balaban J connectivity index is 2.31. The third-order valence-electron chi connectivity index (χ3n) is 2.87. The normalized spacial score (nSPS) is 19.2. The van der Waals surface area contributed by atoms with Crippen LogP contribution in [0.25, 0.3) is 0 Å². The quantitative estimate of drug-likeness (QED) is 0.682. The van der Waals surface area contributed by atoms with Gasteiger partial charge < -0.3 is 9.47 Å². The van der Waals surface area contributed by atoms with Crippen molar-refractivity contribution in [1.29, 1.82) is 0 Å². The van der Waals surface area contributed by atoms with Crippen molar-refractivity contribution < 1.29 is 14.3 Å². The lowest BCUT2D eigenvalue weighted by atomic mass is 10.0. The van der Waals surface area contributed by atoms with E-state index in [0.717, 1.165) is 30.6 Å². The summed E-state index contributed by atoms with van der Waals surface area (Å²) in [5, 5.41) is 0. The summed E-state index contributed by atoms with van der Waals surface area (Å²) in [6.45, 7) is 2.07. The number of hydrogen-bond acceptors (Lipinski definition) is 3. The molecule has 1 aliphatic heterocycles. The minimum atomic E-state index is -0.292. The van der Waals surface area contributed by atoms with Crippen molar-refractivity contribution >= 4 is 5.97 Å². The molecular weight excluding hydrogens is 204 g/mol. The van der Waals surface area contributed by atoms with Gasteiger partial charge >= 0.3 is 5.97 Å². The minimum Gasteiger partial charge on any atom is -0.490 e. The summed E-state index contributed by atoms with van der Waals surface area (Å²) in [6.07, 6.45) is 3.37. The summed E-state index contributed by atoms with van der Waals surface area (Å²) >= 11 is 0. The van der Waals surface area contributed by atoms with Crippen LogP contribution in [0.4, 0.5) is 0 Å². The van der Waals surface area contributed by atoms with Crippen LogP contribution in [0.5, 0.6) is 5.75 Å². The third kappa shape index (κ3) is 2.18. The van der Waals surface area contributed by atoms with Crippen LogP contribution < -0.4 is 4.74 Å². The van der Waals surface area contributed by atoms with Gasteiger partial charge in [0.05, 0.1) is 18.8 Å². The van der Waals surface area contributed by atoms with E-state index in [9.17, 15) is 4.79 Å². The lowest BCUT2D eigenvalue weighted by Crippen LogP contribution is -2.09. The van der Waals surface area contributed by atoms with E-state index < -0.39 is 0 Å². The number of hydrogen-bond donors (Lipinski definition) is 0. The largest absolute Gasteiger partial charge is 0.490 e. The molecule has 1 heterocycles. The van der Waals surface area contributed by atoms with Gasteiger partial charge in [0.1, 0.15) is 5.75 Å². The van der Waals surface area contributed by atoms with Gasteiger partial charge in [0.15, 0.2) is 0 Å². The highest BCUT2D eigenvalue weighted by molar-refractivity contribution is 5.89. The van der Waals surface area contributed by atoms with E-state index in [0.29, 0.717) is 5.56 Å². The molecule has 0 N–H and O–H groups in total. The zero-order valence-corrected chi connectivity index (χ0v) is 9.66. The summed E-state index contributed by atoms with van der Waals surface area (Å²) < 4.78 is 10.5. The summed E-state index contributed by atoms with van der Waals surface area (Å²) in [5.41, 5.74) is 1.70. The summed E-state index contributed by atoms with van der Waals surface area (Å²) in [6, 6.07) is 5.49. The number of carbonyl (C=O) groups is 1. The van der Waals surface area contributed by atoms with Gasteiger partial charge in [0.25, 0.3) is 0 Å². The predicted molar refractivity (Wildman–Crippen MR) is 60.8 cm³/mol. The topological polar surface area (TPSA) is 35.5 Å². The first-order chi connectivity index (χ1) is 7.70. The molecule has 0 amide bonds. The Kier molecular flexibility index (Phi) is 3.13. The van der Waals surface area contributed by atoms with Crippen molar-refractivity contribution in [2.75, 3.05) is 7.11 Å². The number of fused-ring (bicyclic) bond motifs is 1. The molecular formula is C13H16O3. The van der Waals surface area contributed by atoms with Gasteiger partial charge in [-0.1, -0.05) is 0 Å². The summed E-state index contributed by atoms with van der Waals surface area (Å²) in [5.74, 6) is 0.609. The average molecular weight is 220 g/mol. The first-order valence-corrected chi connectivity index (χ1v) is 5.58. The van der Waals surface area contributed by atoms with Crippen LogP contribution in [0.1, 0.15) is 35.7 Å². The molecule has 0 radical (unpaired) electrons. The maximum atomic E-state index is 11.4. The Morgan fingerprint density at radius 3 is 3.06 bits per heavy atom. The maximum Gasteiger partial charge on any atom is 0.337 e. The first-order valence-electron chi connectivity index (χ1n) is 5.58. The number of methoxy groups -OCH3 is 1. The molecule has 0 saturated carbocycles.